The van der Waals surface area contributed by atoms with Crippen LogP contribution in [0.5, 0.6) is 0 Å². The molecule has 1 aromatic carbocycles. The average Bonchev–Trinajstić information content (AvgIpc) is 3.26. The molecule has 0 aromatic heterocycles. The van der Waals surface area contributed by atoms with Gasteiger partial charge in [-0.1, -0.05) is 63.6 Å². The number of benzene rings is 1. The zero-order valence-electron chi connectivity index (χ0n) is 25.0. The smallest absolute Gasteiger partial charge is 0.321 e. The number of allylic oxidation sites excluding steroid dienone is 5. The molecule has 1 aliphatic heterocycles. The summed E-state index contributed by atoms with van der Waals surface area (Å²) >= 11 is 11.7. The normalized spacial score (nSPS) is 27.3. The van der Waals surface area contributed by atoms with Crippen LogP contribution in [0.15, 0.2) is 66.2 Å². The minimum absolute atomic E-state index is 0.0749. The van der Waals surface area contributed by atoms with Crippen molar-refractivity contribution in [1.82, 2.24) is 20.0 Å². The highest BCUT2D eigenvalue weighted by Crippen LogP contribution is 2.35. The van der Waals surface area contributed by atoms with Gasteiger partial charge in [-0.25, -0.2) is 9.18 Å². The lowest BCUT2D eigenvalue weighted by molar-refractivity contribution is 0.133. The zero-order valence-corrected chi connectivity index (χ0v) is 26.5. The Hall–Kier alpha value is -1.86. The highest BCUT2D eigenvalue weighted by atomic mass is 35.5. The molecule has 1 N–H and O–H groups in total. The van der Waals surface area contributed by atoms with Crippen LogP contribution in [0.2, 0.25) is 5.02 Å². The van der Waals surface area contributed by atoms with E-state index in [2.05, 4.69) is 36.0 Å². The van der Waals surface area contributed by atoms with Crippen molar-refractivity contribution in [3.8, 4) is 0 Å². The molecule has 224 valence electrons. The van der Waals surface area contributed by atoms with Crippen LogP contribution in [0.4, 0.5) is 9.18 Å². The maximum atomic E-state index is 13.6. The van der Waals surface area contributed by atoms with Crippen molar-refractivity contribution in [3.05, 3.63) is 71.2 Å². The molecule has 5 nitrogen and oxygen atoms in total. The minimum atomic E-state index is -0.573. The summed E-state index contributed by atoms with van der Waals surface area (Å²) in [6.07, 6.45) is 9.92. The maximum Gasteiger partial charge on any atom is 0.322 e. The molecule has 3 aliphatic rings. The number of rotatable bonds is 6. The molecule has 2 aliphatic carbocycles. The third-order valence-electron chi connectivity index (χ3n) is 7.83. The van der Waals surface area contributed by atoms with Gasteiger partial charge in [0.2, 0.25) is 0 Å². The van der Waals surface area contributed by atoms with E-state index in [0.717, 1.165) is 63.6 Å². The summed E-state index contributed by atoms with van der Waals surface area (Å²) < 4.78 is 13.6. The number of urea groups is 1. The molecule has 1 saturated carbocycles. The lowest BCUT2D eigenvalue weighted by Gasteiger charge is -2.35. The van der Waals surface area contributed by atoms with Crippen molar-refractivity contribution in [2.75, 3.05) is 46.3 Å². The summed E-state index contributed by atoms with van der Waals surface area (Å²) in [7, 11) is 2.17. The van der Waals surface area contributed by atoms with Crippen LogP contribution < -0.4 is 5.32 Å². The molecular weight excluding hydrogens is 546 g/mol. The average molecular weight is 596 g/mol. The topological polar surface area (TPSA) is 38.8 Å². The van der Waals surface area contributed by atoms with Gasteiger partial charge in [0.15, 0.2) is 0 Å². The molecule has 1 heterocycles. The van der Waals surface area contributed by atoms with Gasteiger partial charge in [0.05, 0.1) is 5.38 Å². The van der Waals surface area contributed by atoms with Crippen LogP contribution in [-0.2, 0) is 0 Å². The van der Waals surface area contributed by atoms with Crippen molar-refractivity contribution in [3.63, 3.8) is 0 Å². The van der Waals surface area contributed by atoms with E-state index in [0.29, 0.717) is 17.5 Å². The second-order valence-electron chi connectivity index (χ2n) is 10.7. The Morgan fingerprint density at radius 2 is 1.75 bits per heavy atom. The van der Waals surface area contributed by atoms with Gasteiger partial charge in [-0.15, -0.1) is 11.6 Å². The van der Waals surface area contributed by atoms with Gasteiger partial charge in [0, 0.05) is 55.9 Å². The van der Waals surface area contributed by atoms with Crippen molar-refractivity contribution in [2.24, 2.45) is 11.8 Å². The Morgan fingerprint density at radius 3 is 2.33 bits per heavy atom. The summed E-state index contributed by atoms with van der Waals surface area (Å²) in [6, 6.07) is 9.62. The first-order chi connectivity index (χ1) is 19.2. The second kappa shape index (κ2) is 18.5. The van der Waals surface area contributed by atoms with Crippen molar-refractivity contribution in [1.29, 1.82) is 0 Å². The first kappa shape index (κ1) is 34.3. The molecule has 2 fully saturated rings. The van der Waals surface area contributed by atoms with Gasteiger partial charge < -0.3 is 20.0 Å². The summed E-state index contributed by atoms with van der Waals surface area (Å²) in [5, 5.41) is 3.26. The van der Waals surface area contributed by atoms with Crippen LogP contribution in [0.3, 0.4) is 0 Å². The number of piperazine rings is 1. The second-order valence-corrected chi connectivity index (χ2v) is 11.6. The number of nitrogens with zero attached hydrogens (tertiary/aromatic N) is 3. The predicted octanol–water partition coefficient (Wildman–Crippen LogP) is 7.74. The fourth-order valence-electron chi connectivity index (χ4n) is 5.24. The predicted molar refractivity (Wildman–Crippen MR) is 169 cm³/mol. The van der Waals surface area contributed by atoms with Crippen molar-refractivity contribution >= 4 is 29.2 Å². The standard InChI is InChI=1S/C24H38ClFN4O.C6H5Cl.C2H6/c1-18-8-9-23(19(18)2)30(11-5-10-29-14-12-28(3)13-15-29)24(31)27-22-7-4-6-21(26)16-20(25)17-22;7-6-4-2-1-3-5-6;1-2/h4,7,16-20,23H,5-6,8-15H2,1-3H3,(H,27,31);1-5H;1-2H3/b7-4-,21-16?,22-17+;;/t18-,19?,20?,23?;;/m0../s1. The Bertz CT molecular complexity index is 963. The van der Waals surface area contributed by atoms with E-state index in [4.69, 9.17) is 23.2 Å². The molecule has 40 heavy (non-hydrogen) atoms. The Balaban J connectivity index is 0.000000534. The number of halogens is 3. The fraction of sp³-hybridized carbons (Fsp3) is 0.594. The molecule has 0 spiro atoms. The Labute approximate surface area is 252 Å². The number of alkyl halides is 1. The number of likely N-dealkylation sites (N-methyl/N-ethyl adjacent to an activating group) is 1. The highest BCUT2D eigenvalue weighted by Gasteiger charge is 2.36. The van der Waals surface area contributed by atoms with E-state index in [1.165, 1.54) is 6.08 Å². The fourth-order valence-corrected chi connectivity index (χ4v) is 5.66. The van der Waals surface area contributed by atoms with Gasteiger partial charge >= 0.3 is 6.03 Å². The first-order valence-corrected chi connectivity index (χ1v) is 15.6. The van der Waals surface area contributed by atoms with Crippen LogP contribution in [0, 0.1) is 11.8 Å². The summed E-state index contributed by atoms with van der Waals surface area (Å²) in [6.45, 7) is 14.7. The summed E-state index contributed by atoms with van der Waals surface area (Å²) in [4.78, 5) is 20.2. The monoisotopic (exact) mass is 594 g/mol. The van der Waals surface area contributed by atoms with Crippen LogP contribution in [0.1, 0.15) is 53.4 Å². The number of carbonyl (C=O) groups excluding carboxylic acids is 1. The number of hydrogen-bond acceptors (Lipinski definition) is 3. The SMILES string of the molecule is CC.CC1C(N(CCCN2CCN(C)CC2)C(=O)NC2=C/C(Cl)C=C(F)C/C=C\2)CC[C@@H]1C.Clc1ccccc1. The molecule has 0 bridgehead atoms. The molecule has 2 amide bonds. The van der Waals surface area contributed by atoms with Gasteiger partial charge in [0.25, 0.3) is 0 Å². The maximum absolute atomic E-state index is 13.6. The molecule has 4 atom stereocenters. The van der Waals surface area contributed by atoms with E-state index in [1.807, 2.05) is 49.1 Å². The largest absolute Gasteiger partial charge is 0.322 e. The Kier molecular flexibility index (Phi) is 15.9. The summed E-state index contributed by atoms with van der Waals surface area (Å²) in [5.74, 6) is 0.852. The van der Waals surface area contributed by atoms with Crippen LogP contribution >= 0.6 is 23.2 Å². The molecule has 1 aromatic rings. The van der Waals surface area contributed by atoms with E-state index >= 15 is 0 Å². The molecule has 0 radical (unpaired) electrons. The zero-order chi connectivity index (χ0) is 29.5. The summed E-state index contributed by atoms with van der Waals surface area (Å²) in [5.41, 5.74) is 0.636. The van der Waals surface area contributed by atoms with E-state index in [-0.39, 0.29) is 24.3 Å². The van der Waals surface area contributed by atoms with Gasteiger partial charge in [-0.3, -0.25) is 0 Å². The highest BCUT2D eigenvalue weighted by molar-refractivity contribution is 6.30. The van der Waals surface area contributed by atoms with E-state index in [9.17, 15) is 9.18 Å². The Morgan fingerprint density at radius 1 is 1.07 bits per heavy atom. The molecule has 8 heteroatoms. The first-order valence-electron chi connectivity index (χ1n) is 14.8. The lowest BCUT2D eigenvalue weighted by Crippen LogP contribution is -2.49. The number of hydrogen-bond donors (Lipinski definition) is 1. The molecule has 4 rings (SSSR count). The van der Waals surface area contributed by atoms with Gasteiger partial charge in [0.1, 0.15) is 5.83 Å². The minimum Gasteiger partial charge on any atom is -0.321 e. The van der Waals surface area contributed by atoms with Crippen molar-refractivity contribution in [2.45, 2.75) is 64.8 Å². The third-order valence-corrected chi connectivity index (χ3v) is 8.33. The molecule has 3 unspecified atom stereocenters. The van der Waals surface area contributed by atoms with Gasteiger partial charge in [-0.2, -0.15) is 0 Å². The van der Waals surface area contributed by atoms with Gasteiger partial charge in [-0.05, 0) is 75.1 Å². The quantitative estimate of drug-likeness (QED) is 0.342. The van der Waals surface area contributed by atoms with Crippen molar-refractivity contribution < 1.29 is 9.18 Å². The number of amides is 2. The van der Waals surface area contributed by atoms with E-state index in [1.54, 1.807) is 18.2 Å². The van der Waals surface area contributed by atoms with E-state index < -0.39 is 5.38 Å². The van der Waals surface area contributed by atoms with Crippen LogP contribution in [-0.4, -0.2) is 78.5 Å². The number of nitrogens with one attached hydrogen (secondary N) is 1. The number of carbonyl (C=O) groups is 1. The third kappa shape index (κ3) is 11.9. The van der Waals surface area contributed by atoms with Crippen LogP contribution in [0.25, 0.3) is 0 Å². The molecular formula is C32H49Cl2FN4O. The lowest BCUT2D eigenvalue weighted by atomic mass is 9.97. The molecule has 1 saturated heterocycles.